The minimum atomic E-state index is -3.64. The predicted molar refractivity (Wildman–Crippen MR) is 94.0 cm³/mol. The molecule has 1 aliphatic heterocycles. The van der Waals surface area contributed by atoms with Gasteiger partial charge in [0.25, 0.3) is 0 Å². The summed E-state index contributed by atoms with van der Waals surface area (Å²) in [6.07, 6.45) is 0. The zero-order chi connectivity index (χ0) is 17.2. The minimum absolute atomic E-state index is 0. The maximum Gasteiger partial charge on any atom is 0.246 e. The van der Waals surface area contributed by atoms with E-state index in [0.29, 0.717) is 30.5 Å². The van der Waals surface area contributed by atoms with Crippen molar-refractivity contribution in [2.45, 2.75) is 38.6 Å². The number of likely N-dealkylation sites (tertiary alicyclic amines) is 1. The molecule has 2 rings (SSSR count). The van der Waals surface area contributed by atoms with Crippen molar-refractivity contribution in [3.8, 4) is 0 Å². The summed E-state index contributed by atoms with van der Waals surface area (Å²) in [6.45, 7) is 10.5. The van der Waals surface area contributed by atoms with Crippen LogP contribution >= 0.6 is 12.4 Å². The Balaban J connectivity index is 0.00000288. The average Bonchev–Trinajstić information content (AvgIpc) is 3.00. The normalized spacial score (nSPS) is 22.1. The van der Waals surface area contributed by atoms with Crippen LogP contribution in [0, 0.1) is 25.7 Å². The van der Waals surface area contributed by atoms with E-state index in [4.69, 9.17) is 9.26 Å². The molecule has 7 nitrogen and oxygen atoms in total. The SMILES string of the molecule is COCCN1C[C@H](NS(=O)(=O)c2c(C)noc2C)[C@@H](C(C)C)C1.Cl. The molecule has 1 aromatic heterocycles. The minimum Gasteiger partial charge on any atom is -0.383 e. The van der Waals surface area contributed by atoms with E-state index in [2.05, 4.69) is 28.6 Å². The van der Waals surface area contributed by atoms with Crippen LogP contribution in [0.2, 0.25) is 0 Å². The van der Waals surface area contributed by atoms with Gasteiger partial charge in [-0.05, 0) is 25.7 Å². The Morgan fingerprint density at radius 2 is 2.04 bits per heavy atom. The fraction of sp³-hybridized carbons (Fsp3) is 0.800. The lowest BCUT2D eigenvalue weighted by atomic mass is 9.92. The fourth-order valence-corrected chi connectivity index (χ4v) is 4.84. The van der Waals surface area contributed by atoms with Gasteiger partial charge in [-0.1, -0.05) is 19.0 Å². The lowest BCUT2D eigenvalue weighted by Gasteiger charge is -2.22. The molecule has 0 amide bonds. The quantitative estimate of drug-likeness (QED) is 0.772. The summed E-state index contributed by atoms with van der Waals surface area (Å²) in [5.74, 6) is 0.979. The summed E-state index contributed by atoms with van der Waals surface area (Å²) in [5.41, 5.74) is 0.394. The van der Waals surface area contributed by atoms with E-state index in [0.717, 1.165) is 13.1 Å². The topological polar surface area (TPSA) is 84.7 Å². The molecule has 0 aromatic carbocycles. The van der Waals surface area contributed by atoms with Crippen molar-refractivity contribution < 1.29 is 17.7 Å². The number of nitrogens with one attached hydrogen (secondary N) is 1. The highest BCUT2D eigenvalue weighted by Gasteiger charge is 2.38. The number of sulfonamides is 1. The van der Waals surface area contributed by atoms with Crippen molar-refractivity contribution in [3.05, 3.63) is 11.5 Å². The molecule has 1 fully saturated rings. The molecule has 0 spiro atoms. The van der Waals surface area contributed by atoms with Crippen molar-refractivity contribution >= 4 is 22.4 Å². The number of hydrogen-bond donors (Lipinski definition) is 1. The molecule has 9 heteroatoms. The second-order valence-corrected chi connectivity index (χ2v) is 8.19. The zero-order valence-corrected chi connectivity index (χ0v) is 16.5. The number of methoxy groups -OCH3 is 1. The number of hydrogen-bond acceptors (Lipinski definition) is 6. The third-order valence-corrected chi connectivity index (χ3v) is 6.19. The van der Waals surface area contributed by atoms with E-state index < -0.39 is 10.0 Å². The molecule has 1 aliphatic rings. The van der Waals surface area contributed by atoms with Gasteiger partial charge in [0.05, 0.1) is 6.61 Å². The number of nitrogens with zero attached hydrogens (tertiary/aromatic N) is 2. The third-order valence-electron chi connectivity index (χ3n) is 4.45. The molecule has 1 aromatic rings. The van der Waals surface area contributed by atoms with Crippen LogP contribution in [0.25, 0.3) is 0 Å². The standard InChI is InChI=1S/C15H27N3O4S.ClH/c1-10(2)13-8-18(6-7-21-5)9-14(13)17-23(19,20)15-11(3)16-22-12(15)4;/h10,13-14,17H,6-9H2,1-5H3;1H/t13-,14+;/m1./s1. The van der Waals surface area contributed by atoms with Gasteiger partial charge in [-0.3, -0.25) is 4.90 Å². The van der Waals surface area contributed by atoms with Crippen LogP contribution in [0.1, 0.15) is 25.3 Å². The molecule has 2 atom stereocenters. The molecular formula is C15H28ClN3O4S. The first-order chi connectivity index (χ1) is 10.8. The predicted octanol–water partition coefficient (Wildman–Crippen LogP) is 1.59. The first kappa shape index (κ1) is 21.4. The van der Waals surface area contributed by atoms with Crippen molar-refractivity contribution in [3.63, 3.8) is 0 Å². The summed E-state index contributed by atoms with van der Waals surface area (Å²) < 4.78 is 38.4. The van der Waals surface area contributed by atoms with Gasteiger partial charge in [0.15, 0.2) is 5.76 Å². The first-order valence-corrected chi connectivity index (χ1v) is 9.41. The van der Waals surface area contributed by atoms with Crippen LogP contribution < -0.4 is 4.72 Å². The third kappa shape index (κ3) is 4.70. The molecular weight excluding hydrogens is 354 g/mol. The van der Waals surface area contributed by atoms with Crippen LogP contribution in [0.4, 0.5) is 0 Å². The summed E-state index contributed by atoms with van der Waals surface area (Å²) in [7, 11) is -1.96. The maximum absolute atomic E-state index is 12.7. The molecule has 2 heterocycles. The number of ether oxygens (including phenoxy) is 1. The van der Waals surface area contributed by atoms with Gasteiger partial charge in [-0.15, -0.1) is 12.4 Å². The highest BCUT2D eigenvalue weighted by molar-refractivity contribution is 7.89. The second kappa shape index (κ2) is 8.62. The van der Waals surface area contributed by atoms with Gasteiger partial charge >= 0.3 is 0 Å². The van der Waals surface area contributed by atoms with Crippen molar-refractivity contribution in [1.29, 1.82) is 0 Å². The monoisotopic (exact) mass is 381 g/mol. The van der Waals surface area contributed by atoms with Crippen LogP contribution in [-0.4, -0.2) is 57.9 Å². The lowest BCUT2D eigenvalue weighted by molar-refractivity contribution is 0.157. The van der Waals surface area contributed by atoms with Gasteiger partial charge in [0.1, 0.15) is 10.6 Å². The van der Waals surface area contributed by atoms with Crippen LogP contribution in [0.3, 0.4) is 0 Å². The van der Waals surface area contributed by atoms with E-state index in [1.165, 1.54) is 0 Å². The van der Waals surface area contributed by atoms with E-state index in [-0.39, 0.29) is 29.3 Å². The van der Waals surface area contributed by atoms with Crippen molar-refractivity contribution in [2.24, 2.45) is 11.8 Å². The largest absolute Gasteiger partial charge is 0.383 e. The summed E-state index contributed by atoms with van der Waals surface area (Å²) in [4.78, 5) is 2.41. The Hall–Kier alpha value is -0.670. The van der Waals surface area contributed by atoms with Crippen LogP contribution in [0.5, 0.6) is 0 Å². The van der Waals surface area contributed by atoms with Crippen LogP contribution in [-0.2, 0) is 14.8 Å². The smallest absolute Gasteiger partial charge is 0.246 e. The molecule has 1 saturated heterocycles. The average molecular weight is 382 g/mol. The zero-order valence-electron chi connectivity index (χ0n) is 14.9. The van der Waals surface area contributed by atoms with E-state index >= 15 is 0 Å². The highest BCUT2D eigenvalue weighted by Crippen LogP contribution is 2.27. The van der Waals surface area contributed by atoms with Gasteiger partial charge in [0, 0.05) is 32.8 Å². The van der Waals surface area contributed by atoms with E-state index in [1.807, 2.05) is 0 Å². The maximum atomic E-state index is 12.7. The van der Waals surface area contributed by atoms with Gasteiger partial charge in [-0.25, -0.2) is 13.1 Å². The van der Waals surface area contributed by atoms with Crippen molar-refractivity contribution in [2.75, 3.05) is 33.4 Å². The number of rotatable bonds is 7. The van der Waals surface area contributed by atoms with E-state index in [1.54, 1.807) is 21.0 Å². The Morgan fingerprint density at radius 1 is 1.38 bits per heavy atom. The number of halogens is 1. The van der Waals surface area contributed by atoms with Crippen molar-refractivity contribution in [1.82, 2.24) is 14.8 Å². The van der Waals surface area contributed by atoms with E-state index in [9.17, 15) is 8.42 Å². The Morgan fingerprint density at radius 3 is 2.54 bits per heavy atom. The Bertz CT molecular complexity index is 613. The number of aromatic nitrogens is 1. The molecule has 1 N–H and O–H groups in total. The van der Waals surface area contributed by atoms with Gasteiger partial charge < -0.3 is 9.26 Å². The summed E-state index contributed by atoms with van der Waals surface area (Å²) in [6, 6.07) is -0.120. The molecule has 0 unspecified atom stereocenters. The highest BCUT2D eigenvalue weighted by atomic mass is 35.5. The Kier molecular flexibility index (Phi) is 7.68. The number of aryl methyl sites for hydroxylation is 2. The molecule has 0 aliphatic carbocycles. The Labute approximate surface area is 150 Å². The fourth-order valence-electron chi connectivity index (χ4n) is 3.23. The molecule has 140 valence electrons. The summed E-state index contributed by atoms with van der Waals surface area (Å²) >= 11 is 0. The molecule has 0 bridgehead atoms. The summed E-state index contributed by atoms with van der Waals surface area (Å²) in [5, 5.41) is 3.75. The molecule has 24 heavy (non-hydrogen) atoms. The van der Waals surface area contributed by atoms with Crippen LogP contribution in [0.15, 0.2) is 9.42 Å². The molecule has 0 saturated carbocycles. The molecule has 0 radical (unpaired) electrons. The van der Waals surface area contributed by atoms with Gasteiger partial charge in [0.2, 0.25) is 10.0 Å². The first-order valence-electron chi connectivity index (χ1n) is 7.92. The second-order valence-electron chi connectivity index (χ2n) is 6.54. The lowest BCUT2D eigenvalue weighted by Crippen LogP contribution is -2.42. The van der Waals surface area contributed by atoms with Gasteiger partial charge in [-0.2, -0.15) is 0 Å².